The molecule has 102 valence electrons. The van der Waals surface area contributed by atoms with Crippen LogP contribution in [0, 0.1) is 17.3 Å². The highest BCUT2D eigenvalue weighted by molar-refractivity contribution is 7.80. The van der Waals surface area contributed by atoms with Gasteiger partial charge in [0.15, 0.2) is 0 Å². The largest absolute Gasteiger partial charge is 0.392 e. The summed E-state index contributed by atoms with van der Waals surface area (Å²) < 4.78 is 0. The quantitative estimate of drug-likeness (QED) is 0.796. The summed E-state index contributed by atoms with van der Waals surface area (Å²) in [5, 5.41) is 0. The highest BCUT2D eigenvalue weighted by Crippen LogP contribution is 2.41. The van der Waals surface area contributed by atoms with Crippen molar-refractivity contribution in [3.8, 4) is 0 Å². The number of rotatable bonds is 4. The molecule has 2 rings (SSSR count). The second kappa shape index (κ2) is 5.16. The van der Waals surface area contributed by atoms with Gasteiger partial charge >= 0.3 is 0 Å². The monoisotopic (exact) mass is 268 g/mol. The summed E-state index contributed by atoms with van der Waals surface area (Å²) in [4.78, 5) is 15.0. The van der Waals surface area contributed by atoms with E-state index in [1.165, 1.54) is 12.8 Å². The zero-order valence-electron chi connectivity index (χ0n) is 11.4. The minimum absolute atomic E-state index is 0.161. The molecule has 2 fully saturated rings. The Kier molecular flexibility index (Phi) is 3.95. The maximum Gasteiger partial charge on any atom is 0.235 e. The maximum atomic E-state index is 12.7. The molecule has 0 saturated heterocycles. The van der Waals surface area contributed by atoms with Crippen molar-refractivity contribution in [1.82, 2.24) is 4.90 Å². The number of carbonyl (C=O) groups is 1. The number of carbonyl (C=O) groups excluding carboxylic acids is 1. The van der Waals surface area contributed by atoms with Gasteiger partial charge in [-0.15, -0.1) is 0 Å². The first-order valence-corrected chi connectivity index (χ1v) is 7.43. The van der Waals surface area contributed by atoms with E-state index in [9.17, 15) is 4.79 Å². The topological polar surface area (TPSA) is 46.3 Å². The van der Waals surface area contributed by atoms with Gasteiger partial charge in [0, 0.05) is 13.6 Å². The van der Waals surface area contributed by atoms with E-state index >= 15 is 0 Å². The molecule has 0 aromatic rings. The number of hydrogen-bond donors (Lipinski definition) is 1. The van der Waals surface area contributed by atoms with Gasteiger partial charge in [-0.05, 0) is 31.1 Å². The van der Waals surface area contributed by atoms with Gasteiger partial charge in [0.25, 0.3) is 0 Å². The first-order valence-electron chi connectivity index (χ1n) is 7.03. The minimum Gasteiger partial charge on any atom is -0.392 e. The third-order valence-corrected chi connectivity index (χ3v) is 5.11. The predicted molar refractivity (Wildman–Crippen MR) is 77.2 cm³/mol. The van der Waals surface area contributed by atoms with E-state index in [0.29, 0.717) is 10.9 Å². The average Bonchev–Trinajstić information content (AvgIpc) is 3.04. The Bertz CT molecular complexity index is 350. The molecule has 2 N–H and O–H groups in total. The van der Waals surface area contributed by atoms with E-state index in [4.69, 9.17) is 18.0 Å². The average molecular weight is 268 g/mol. The predicted octanol–water partition coefficient (Wildman–Crippen LogP) is 2.34. The Morgan fingerprint density at radius 2 is 1.94 bits per heavy atom. The third-order valence-electron chi connectivity index (χ3n) is 4.72. The molecule has 0 aromatic heterocycles. The molecule has 0 radical (unpaired) electrons. The van der Waals surface area contributed by atoms with Gasteiger partial charge < -0.3 is 10.6 Å². The van der Waals surface area contributed by atoms with Crippen LogP contribution in [0.5, 0.6) is 0 Å². The van der Waals surface area contributed by atoms with Crippen LogP contribution in [-0.4, -0.2) is 29.4 Å². The van der Waals surface area contributed by atoms with E-state index in [2.05, 4.69) is 6.92 Å². The molecule has 0 bridgehead atoms. The van der Waals surface area contributed by atoms with E-state index in [-0.39, 0.29) is 5.91 Å². The van der Waals surface area contributed by atoms with Crippen molar-refractivity contribution >= 4 is 23.1 Å². The van der Waals surface area contributed by atoms with Crippen molar-refractivity contribution in [2.75, 3.05) is 13.6 Å². The highest BCUT2D eigenvalue weighted by Gasteiger charge is 2.45. The lowest BCUT2D eigenvalue weighted by Gasteiger charge is -2.38. The zero-order valence-corrected chi connectivity index (χ0v) is 12.3. The lowest BCUT2D eigenvalue weighted by molar-refractivity contribution is -0.138. The van der Waals surface area contributed by atoms with Crippen LogP contribution in [0.15, 0.2) is 0 Å². The van der Waals surface area contributed by atoms with Crippen LogP contribution in [0.2, 0.25) is 0 Å². The number of thiocarbonyl (C=S) groups is 1. The molecule has 3 nitrogen and oxygen atoms in total. The first-order chi connectivity index (χ1) is 8.47. The highest BCUT2D eigenvalue weighted by atomic mass is 32.1. The van der Waals surface area contributed by atoms with Crippen LogP contribution in [0.3, 0.4) is 0 Å². The van der Waals surface area contributed by atoms with Crippen LogP contribution < -0.4 is 5.73 Å². The lowest BCUT2D eigenvalue weighted by atomic mass is 9.73. The fourth-order valence-corrected chi connectivity index (χ4v) is 3.47. The van der Waals surface area contributed by atoms with Crippen molar-refractivity contribution in [2.24, 2.45) is 23.0 Å². The fraction of sp³-hybridized carbons (Fsp3) is 0.857. The molecule has 0 aliphatic heterocycles. The Morgan fingerprint density at radius 3 is 2.39 bits per heavy atom. The Labute approximate surface area is 115 Å². The molecule has 0 heterocycles. The van der Waals surface area contributed by atoms with Crippen molar-refractivity contribution in [1.29, 1.82) is 0 Å². The molecule has 2 aliphatic carbocycles. The number of hydrogen-bond acceptors (Lipinski definition) is 2. The first kappa shape index (κ1) is 13.8. The third kappa shape index (κ3) is 2.53. The van der Waals surface area contributed by atoms with Gasteiger partial charge in [-0.25, -0.2) is 0 Å². The number of nitrogens with zero attached hydrogens (tertiary/aromatic N) is 1. The molecule has 0 aromatic carbocycles. The van der Waals surface area contributed by atoms with Crippen molar-refractivity contribution < 1.29 is 4.79 Å². The van der Waals surface area contributed by atoms with Crippen molar-refractivity contribution in [2.45, 2.75) is 45.4 Å². The van der Waals surface area contributed by atoms with Crippen LogP contribution in [0.4, 0.5) is 0 Å². The normalized spacial score (nSPS) is 29.7. The summed E-state index contributed by atoms with van der Waals surface area (Å²) in [5.74, 6) is 1.62. The molecule has 2 atom stereocenters. The lowest BCUT2D eigenvalue weighted by Crippen LogP contribution is -2.51. The maximum absolute atomic E-state index is 12.7. The molecule has 2 unspecified atom stereocenters. The van der Waals surface area contributed by atoms with E-state index in [1.54, 1.807) is 0 Å². The van der Waals surface area contributed by atoms with Gasteiger partial charge in [-0.1, -0.05) is 38.4 Å². The SMILES string of the molecule is CC1CC1CN(C)C(=O)C1(C(N)=S)CCCCC1. The molecule has 18 heavy (non-hydrogen) atoms. The summed E-state index contributed by atoms with van der Waals surface area (Å²) in [7, 11) is 1.90. The van der Waals surface area contributed by atoms with E-state index in [1.807, 2.05) is 11.9 Å². The zero-order chi connectivity index (χ0) is 13.3. The number of amides is 1. The molecule has 0 spiro atoms. The second-order valence-electron chi connectivity index (χ2n) is 6.17. The fourth-order valence-electron chi connectivity index (χ4n) is 3.17. The summed E-state index contributed by atoms with van der Waals surface area (Å²) in [6, 6.07) is 0. The van der Waals surface area contributed by atoms with Gasteiger partial charge in [0.1, 0.15) is 0 Å². The number of nitrogens with two attached hydrogens (primary N) is 1. The molecular formula is C14H24N2OS. The molecule has 2 aliphatic rings. The van der Waals surface area contributed by atoms with Gasteiger partial charge in [0.05, 0.1) is 10.4 Å². The van der Waals surface area contributed by atoms with Crippen LogP contribution in [-0.2, 0) is 4.79 Å². The summed E-state index contributed by atoms with van der Waals surface area (Å²) >= 11 is 5.21. The minimum atomic E-state index is -0.541. The standard InChI is InChI=1S/C14H24N2OS/c1-10-8-11(10)9-16(2)13(17)14(12(15)18)6-4-3-5-7-14/h10-11H,3-9H2,1-2H3,(H2,15,18). The summed E-state index contributed by atoms with van der Waals surface area (Å²) in [6.45, 7) is 3.11. The molecule has 2 saturated carbocycles. The van der Waals surface area contributed by atoms with E-state index in [0.717, 1.165) is 38.1 Å². The molecule has 1 amide bonds. The Morgan fingerprint density at radius 1 is 1.39 bits per heavy atom. The summed E-state index contributed by atoms with van der Waals surface area (Å²) in [5.41, 5.74) is 5.36. The Balaban J connectivity index is 2.05. The molecule has 4 heteroatoms. The smallest absolute Gasteiger partial charge is 0.235 e. The summed E-state index contributed by atoms with van der Waals surface area (Å²) in [6.07, 6.45) is 6.25. The van der Waals surface area contributed by atoms with E-state index < -0.39 is 5.41 Å². The van der Waals surface area contributed by atoms with Crippen LogP contribution >= 0.6 is 12.2 Å². The van der Waals surface area contributed by atoms with Crippen molar-refractivity contribution in [3.05, 3.63) is 0 Å². The second-order valence-corrected chi connectivity index (χ2v) is 6.61. The van der Waals surface area contributed by atoms with Gasteiger partial charge in [0.2, 0.25) is 5.91 Å². The van der Waals surface area contributed by atoms with Gasteiger partial charge in [-0.3, -0.25) is 4.79 Å². The van der Waals surface area contributed by atoms with Crippen LogP contribution in [0.1, 0.15) is 45.4 Å². The molecular weight excluding hydrogens is 244 g/mol. The Hall–Kier alpha value is -0.640. The van der Waals surface area contributed by atoms with Gasteiger partial charge in [-0.2, -0.15) is 0 Å². The van der Waals surface area contributed by atoms with Crippen molar-refractivity contribution in [3.63, 3.8) is 0 Å². The van der Waals surface area contributed by atoms with Crippen LogP contribution in [0.25, 0.3) is 0 Å².